The van der Waals surface area contributed by atoms with Gasteiger partial charge in [0.25, 0.3) is 0 Å². The largest absolute Gasteiger partial charge is 0.464 e. The maximum Gasteiger partial charge on any atom is 0.122 e. The fraction of sp³-hybridized carbons (Fsp3) is 0.750. The van der Waals surface area contributed by atoms with E-state index in [1.165, 1.54) is 12.8 Å². The van der Waals surface area contributed by atoms with Crippen LogP contribution in [0.3, 0.4) is 0 Å². The van der Waals surface area contributed by atoms with Crippen LogP contribution in [0.4, 0.5) is 0 Å². The van der Waals surface area contributed by atoms with Crippen LogP contribution in [0.1, 0.15) is 58.1 Å². The maximum absolute atomic E-state index is 5.99. The zero-order chi connectivity index (χ0) is 14.3. The predicted molar refractivity (Wildman–Crippen MR) is 81.2 cm³/mol. The van der Waals surface area contributed by atoms with Crippen LogP contribution in [0.25, 0.3) is 0 Å². The first-order valence-corrected chi connectivity index (χ1v) is 7.72. The van der Waals surface area contributed by atoms with Gasteiger partial charge in [0.1, 0.15) is 11.5 Å². The summed E-state index contributed by atoms with van der Waals surface area (Å²) in [6, 6.07) is 4.38. The lowest BCUT2D eigenvalue weighted by Gasteiger charge is -2.31. The van der Waals surface area contributed by atoms with Crippen molar-refractivity contribution >= 4 is 0 Å². The number of aryl methyl sites for hydroxylation is 1. The molecule has 0 fully saturated rings. The summed E-state index contributed by atoms with van der Waals surface area (Å²) in [5.41, 5.74) is 5.99. The molecule has 1 unspecified atom stereocenters. The molecule has 0 aliphatic rings. The third kappa shape index (κ3) is 4.36. The lowest BCUT2D eigenvalue weighted by Crippen LogP contribution is -2.36. The van der Waals surface area contributed by atoms with Gasteiger partial charge >= 0.3 is 0 Å². The van der Waals surface area contributed by atoms with Gasteiger partial charge in [-0.25, -0.2) is 0 Å². The number of hydrogen-bond donors (Lipinski definition) is 1. The molecule has 2 N–H and O–H groups in total. The topological polar surface area (TPSA) is 42.4 Å². The molecule has 0 spiro atoms. The van der Waals surface area contributed by atoms with Crippen molar-refractivity contribution in [1.82, 2.24) is 4.90 Å². The highest BCUT2D eigenvalue weighted by Crippen LogP contribution is 2.24. The molecule has 1 heterocycles. The van der Waals surface area contributed by atoms with E-state index in [1.54, 1.807) is 0 Å². The molecule has 0 saturated heterocycles. The summed E-state index contributed by atoms with van der Waals surface area (Å²) in [6.45, 7) is 11.6. The average Bonchev–Trinajstić information content (AvgIpc) is 2.92. The Morgan fingerprint density at radius 3 is 2.26 bits per heavy atom. The molecular weight excluding hydrogens is 236 g/mol. The van der Waals surface area contributed by atoms with Crippen molar-refractivity contribution in [1.29, 1.82) is 0 Å². The molecule has 0 amide bonds. The average molecular weight is 266 g/mol. The summed E-state index contributed by atoms with van der Waals surface area (Å²) in [6.07, 6.45) is 3.39. The van der Waals surface area contributed by atoms with Crippen molar-refractivity contribution in [3.05, 3.63) is 23.7 Å². The molecule has 0 aliphatic heterocycles. The molecule has 1 aromatic heterocycles. The van der Waals surface area contributed by atoms with E-state index < -0.39 is 0 Å². The fourth-order valence-corrected chi connectivity index (χ4v) is 2.56. The van der Waals surface area contributed by atoms with Gasteiger partial charge in [0, 0.05) is 19.5 Å². The second-order valence-corrected chi connectivity index (χ2v) is 5.18. The number of rotatable bonds is 9. The van der Waals surface area contributed by atoms with Crippen LogP contribution < -0.4 is 5.73 Å². The van der Waals surface area contributed by atoms with Crippen LogP contribution in [-0.2, 0) is 6.42 Å². The monoisotopic (exact) mass is 266 g/mol. The molecule has 0 saturated carbocycles. The van der Waals surface area contributed by atoms with Crippen molar-refractivity contribution in [2.45, 2.75) is 53.0 Å². The molecule has 0 aromatic carbocycles. The van der Waals surface area contributed by atoms with Gasteiger partial charge in [-0.2, -0.15) is 0 Å². The number of likely N-dealkylation sites (N-methyl/N-ethyl adjacent to an activating group) is 1. The van der Waals surface area contributed by atoms with E-state index in [1.807, 2.05) is 0 Å². The van der Waals surface area contributed by atoms with E-state index in [9.17, 15) is 0 Å². The first-order chi connectivity index (χ1) is 9.19. The van der Waals surface area contributed by atoms with Gasteiger partial charge in [-0.3, -0.25) is 4.90 Å². The van der Waals surface area contributed by atoms with E-state index in [0.717, 1.165) is 36.9 Å². The van der Waals surface area contributed by atoms with Gasteiger partial charge in [-0.05, 0) is 24.6 Å². The lowest BCUT2D eigenvalue weighted by molar-refractivity contribution is 0.155. The Morgan fingerprint density at radius 1 is 1.16 bits per heavy atom. The summed E-state index contributed by atoms with van der Waals surface area (Å²) in [7, 11) is 0. The van der Waals surface area contributed by atoms with Crippen LogP contribution in [0.2, 0.25) is 0 Å². The number of hydrogen-bond acceptors (Lipinski definition) is 3. The van der Waals surface area contributed by atoms with Gasteiger partial charge in [0.2, 0.25) is 0 Å². The molecule has 0 bridgehead atoms. The summed E-state index contributed by atoms with van der Waals surface area (Å²) >= 11 is 0. The SMILES string of the molecule is CCc1ccc(C(CN)N(CC)CC(CC)CC)o1. The van der Waals surface area contributed by atoms with Gasteiger partial charge in [0.15, 0.2) is 0 Å². The standard InChI is InChI=1S/C16H30N2O/c1-5-13(6-2)12-18(8-4)15(11-17)16-10-9-14(7-3)19-16/h9-10,13,15H,5-8,11-12,17H2,1-4H3. The summed E-state index contributed by atoms with van der Waals surface area (Å²) in [4.78, 5) is 2.45. The molecule has 0 aliphatic carbocycles. The Kier molecular flexibility index (Phi) is 7.17. The van der Waals surface area contributed by atoms with Gasteiger partial charge < -0.3 is 10.2 Å². The molecule has 1 atom stereocenters. The van der Waals surface area contributed by atoms with E-state index in [2.05, 4.69) is 44.7 Å². The second kappa shape index (κ2) is 8.39. The number of nitrogens with zero attached hydrogens (tertiary/aromatic N) is 1. The lowest BCUT2D eigenvalue weighted by atomic mass is 10.0. The van der Waals surface area contributed by atoms with E-state index in [4.69, 9.17) is 10.2 Å². The molecule has 19 heavy (non-hydrogen) atoms. The highest BCUT2D eigenvalue weighted by Gasteiger charge is 2.22. The van der Waals surface area contributed by atoms with Crippen LogP contribution in [0.15, 0.2) is 16.5 Å². The molecule has 110 valence electrons. The zero-order valence-corrected chi connectivity index (χ0v) is 13.0. The minimum atomic E-state index is 0.214. The smallest absolute Gasteiger partial charge is 0.122 e. The Hall–Kier alpha value is -0.800. The maximum atomic E-state index is 5.99. The van der Waals surface area contributed by atoms with Crippen LogP contribution in [-0.4, -0.2) is 24.5 Å². The number of furan rings is 1. The van der Waals surface area contributed by atoms with Crippen molar-refractivity contribution in [3.8, 4) is 0 Å². The number of nitrogens with two attached hydrogens (primary N) is 1. The van der Waals surface area contributed by atoms with Crippen molar-refractivity contribution in [2.24, 2.45) is 11.7 Å². The second-order valence-electron chi connectivity index (χ2n) is 5.18. The first-order valence-electron chi connectivity index (χ1n) is 7.72. The minimum absolute atomic E-state index is 0.214. The highest BCUT2D eigenvalue weighted by atomic mass is 16.3. The third-order valence-electron chi connectivity index (χ3n) is 4.08. The summed E-state index contributed by atoms with van der Waals surface area (Å²) in [5, 5.41) is 0. The Morgan fingerprint density at radius 2 is 1.84 bits per heavy atom. The van der Waals surface area contributed by atoms with Gasteiger partial charge in [-0.1, -0.05) is 40.5 Å². The predicted octanol–water partition coefficient (Wildman–Crippen LogP) is 3.60. The zero-order valence-electron chi connectivity index (χ0n) is 13.0. The molecule has 3 heteroatoms. The molecule has 3 nitrogen and oxygen atoms in total. The van der Waals surface area contributed by atoms with E-state index >= 15 is 0 Å². The van der Waals surface area contributed by atoms with Crippen LogP contribution in [0, 0.1) is 5.92 Å². The third-order valence-corrected chi connectivity index (χ3v) is 4.08. The molecule has 1 rings (SSSR count). The minimum Gasteiger partial charge on any atom is -0.464 e. The summed E-state index contributed by atoms with van der Waals surface area (Å²) < 4.78 is 5.90. The van der Waals surface area contributed by atoms with Crippen molar-refractivity contribution in [2.75, 3.05) is 19.6 Å². The highest BCUT2D eigenvalue weighted by molar-refractivity contribution is 5.11. The van der Waals surface area contributed by atoms with Crippen molar-refractivity contribution < 1.29 is 4.42 Å². The van der Waals surface area contributed by atoms with Gasteiger partial charge in [0.05, 0.1) is 6.04 Å². The van der Waals surface area contributed by atoms with Gasteiger partial charge in [-0.15, -0.1) is 0 Å². The Balaban J connectivity index is 2.79. The summed E-state index contributed by atoms with van der Waals surface area (Å²) in [5.74, 6) is 2.81. The fourth-order valence-electron chi connectivity index (χ4n) is 2.56. The van der Waals surface area contributed by atoms with Crippen molar-refractivity contribution in [3.63, 3.8) is 0 Å². The first kappa shape index (κ1) is 16.3. The van der Waals surface area contributed by atoms with Crippen LogP contribution >= 0.6 is 0 Å². The quantitative estimate of drug-likeness (QED) is 0.742. The Labute approximate surface area is 118 Å². The Bertz CT molecular complexity index is 344. The van der Waals surface area contributed by atoms with E-state index in [-0.39, 0.29) is 6.04 Å². The molecule has 1 aromatic rings. The van der Waals surface area contributed by atoms with Crippen LogP contribution in [0.5, 0.6) is 0 Å². The molecule has 0 radical (unpaired) electrons. The molecular formula is C16H30N2O. The normalized spacial score (nSPS) is 13.4. The van der Waals surface area contributed by atoms with E-state index in [0.29, 0.717) is 6.54 Å².